The summed E-state index contributed by atoms with van der Waals surface area (Å²) in [4.78, 5) is 17.0. The van der Waals surface area contributed by atoms with Crippen LogP contribution in [0.5, 0.6) is 11.6 Å². The van der Waals surface area contributed by atoms with E-state index in [1.807, 2.05) is 43.4 Å². The number of aromatic nitrogens is 4. The molecular weight excluding hydrogens is 542 g/mol. The van der Waals surface area contributed by atoms with Crippen molar-refractivity contribution in [3.8, 4) is 17.3 Å². The molecule has 0 atom stereocenters. The Bertz CT molecular complexity index is 1250. The molecular formula is C23H26FIN4O4. The van der Waals surface area contributed by atoms with E-state index in [-0.39, 0.29) is 29.8 Å². The quantitative estimate of drug-likeness (QED) is 0.412. The number of aliphatic hydroxyl groups excluding tert-OH is 1. The van der Waals surface area contributed by atoms with Crippen LogP contribution in [0.3, 0.4) is 0 Å². The van der Waals surface area contributed by atoms with Crippen molar-refractivity contribution in [3.63, 3.8) is 0 Å². The first-order valence-electron chi connectivity index (χ1n) is 10.4. The van der Waals surface area contributed by atoms with E-state index in [2.05, 4.69) is 10.1 Å². The van der Waals surface area contributed by atoms with Crippen LogP contribution in [-0.2, 0) is 13.2 Å². The van der Waals surface area contributed by atoms with E-state index in [1.165, 1.54) is 22.4 Å². The molecule has 3 rings (SSSR count). The van der Waals surface area contributed by atoms with Crippen LogP contribution < -0.4 is 15.2 Å². The van der Waals surface area contributed by atoms with E-state index >= 15 is 4.39 Å². The molecule has 0 saturated heterocycles. The maximum Gasteiger partial charge on any atom is 0.350 e. The van der Waals surface area contributed by atoms with Crippen LogP contribution in [0.2, 0.25) is 0 Å². The Morgan fingerprint density at radius 2 is 2.09 bits per heavy atom. The van der Waals surface area contributed by atoms with Gasteiger partial charge in [0.2, 0.25) is 5.88 Å². The molecule has 33 heavy (non-hydrogen) atoms. The molecule has 0 aliphatic heterocycles. The Balaban J connectivity index is 2.20. The molecule has 0 unspecified atom stereocenters. The van der Waals surface area contributed by atoms with Crippen molar-refractivity contribution >= 4 is 34.5 Å². The van der Waals surface area contributed by atoms with Crippen molar-refractivity contribution in [3.05, 3.63) is 61.0 Å². The molecule has 2 heterocycles. The molecule has 0 amide bonds. The molecule has 0 aliphatic rings. The van der Waals surface area contributed by atoms with Crippen molar-refractivity contribution in [2.24, 2.45) is 0 Å². The highest BCUT2D eigenvalue weighted by atomic mass is 127. The summed E-state index contributed by atoms with van der Waals surface area (Å²) in [5.74, 6) is 0.292. The summed E-state index contributed by atoms with van der Waals surface area (Å²) in [7, 11) is 1.48. The lowest BCUT2D eigenvalue weighted by atomic mass is 10.1. The summed E-state index contributed by atoms with van der Waals surface area (Å²) in [6.45, 7) is 7.30. The van der Waals surface area contributed by atoms with Crippen LogP contribution >= 0.6 is 22.6 Å². The standard InChI is InChI=1S/C23H26FIN4O4/c1-6-28-21(12-30)27-29(23(28)31)19-11-20(33-13(2)3)16(10-18(19)25)17(24)9-15-14(4)7-8-26-22(15)32-5/h7-11,13,30H,6,12H2,1-5H3/b17-9-. The monoisotopic (exact) mass is 568 g/mol. The first-order valence-corrected chi connectivity index (χ1v) is 11.5. The fraction of sp³-hybridized carbons (Fsp3) is 0.348. The minimum Gasteiger partial charge on any atom is -0.490 e. The molecule has 0 spiro atoms. The fourth-order valence-electron chi connectivity index (χ4n) is 3.36. The Labute approximate surface area is 204 Å². The maximum atomic E-state index is 15.6. The van der Waals surface area contributed by atoms with E-state index in [4.69, 9.17) is 9.47 Å². The van der Waals surface area contributed by atoms with Crippen LogP contribution in [0.15, 0.2) is 29.2 Å². The first kappa shape index (κ1) is 24.9. The lowest BCUT2D eigenvalue weighted by molar-refractivity contribution is 0.241. The van der Waals surface area contributed by atoms with Crippen molar-refractivity contribution in [2.75, 3.05) is 7.11 Å². The van der Waals surface area contributed by atoms with Crippen LogP contribution in [0.25, 0.3) is 17.6 Å². The maximum absolute atomic E-state index is 15.6. The summed E-state index contributed by atoms with van der Waals surface area (Å²) in [6, 6.07) is 4.97. The Morgan fingerprint density at radius 3 is 2.67 bits per heavy atom. The Kier molecular flexibility index (Phi) is 7.90. The van der Waals surface area contributed by atoms with Crippen molar-refractivity contribution < 1.29 is 19.0 Å². The number of hydrogen-bond acceptors (Lipinski definition) is 6. The van der Waals surface area contributed by atoms with Gasteiger partial charge < -0.3 is 14.6 Å². The number of hydrogen-bond donors (Lipinski definition) is 1. The van der Waals surface area contributed by atoms with E-state index < -0.39 is 11.5 Å². The molecule has 0 bridgehead atoms. The van der Waals surface area contributed by atoms with Gasteiger partial charge in [-0.2, -0.15) is 4.68 Å². The lowest BCUT2D eigenvalue weighted by Gasteiger charge is -2.16. The molecule has 0 radical (unpaired) electrons. The fourth-order valence-corrected chi connectivity index (χ4v) is 4.05. The van der Waals surface area contributed by atoms with Crippen LogP contribution in [0.1, 0.15) is 43.3 Å². The molecule has 0 aliphatic carbocycles. The topological polar surface area (TPSA) is 91.4 Å². The largest absolute Gasteiger partial charge is 0.490 e. The van der Waals surface area contributed by atoms with Gasteiger partial charge in [0.15, 0.2) is 5.82 Å². The molecule has 3 aromatic rings. The molecule has 1 aromatic carbocycles. The van der Waals surface area contributed by atoms with Gasteiger partial charge >= 0.3 is 5.69 Å². The van der Waals surface area contributed by atoms with Crippen LogP contribution in [0, 0.1) is 10.5 Å². The second kappa shape index (κ2) is 10.5. The second-order valence-electron chi connectivity index (χ2n) is 7.52. The predicted octanol–water partition coefficient (Wildman–Crippen LogP) is 4.12. The Morgan fingerprint density at radius 1 is 1.36 bits per heavy atom. The van der Waals surface area contributed by atoms with Gasteiger partial charge in [0.1, 0.15) is 18.2 Å². The number of pyridine rings is 1. The van der Waals surface area contributed by atoms with Gasteiger partial charge in [-0.05, 0) is 74.1 Å². The Hall–Kier alpha value is -2.73. The molecule has 0 fully saturated rings. The summed E-state index contributed by atoms with van der Waals surface area (Å²) in [5, 5.41) is 13.8. The minimum atomic E-state index is -0.535. The van der Waals surface area contributed by atoms with Crippen molar-refractivity contribution in [2.45, 2.75) is 47.0 Å². The predicted molar refractivity (Wildman–Crippen MR) is 132 cm³/mol. The number of halogens is 2. The smallest absolute Gasteiger partial charge is 0.350 e. The highest BCUT2D eigenvalue weighted by Crippen LogP contribution is 2.35. The highest BCUT2D eigenvalue weighted by Gasteiger charge is 2.20. The van der Waals surface area contributed by atoms with E-state index in [1.54, 1.807) is 31.3 Å². The zero-order valence-electron chi connectivity index (χ0n) is 19.1. The van der Waals surface area contributed by atoms with E-state index in [0.29, 0.717) is 27.2 Å². The summed E-state index contributed by atoms with van der Waals surface area (Å²) in [5.41, 5.74) is 1.60. The number of aliphatic hydroxyl groups is 1. The van der Waals surface area contributed by atoms with Crippen molar-refractivity contribution in [1.29, 1.82) is 0 Å². The zero-order chi connectivity index (χ0) is 24.3. The molecule has 2 aromatic heterocycles. The normalized spacial score (nSPS) is 11.8. The third-order valence-electron chi connectivity index (χ3n) is 4.93. The molecule has 1 N–H and O–H groups in total. The van der Waals surface area contributed by atoms with Gasteiger partial charge in [0.25, 0.3) is 0 Å². The summed E-state index contributed by atoms with van der Waals surface area (Å²) in [6.07, 6.45) is 2.72. The van der Waals surface area contributed by atoms with Crippen LogP contribution in [0.4, 0.5) is 4.39 Å². The average Bonchev–Trinajstić information content (AvgIpc) is 3.10. The summed E-state index contributed by atoms with van der Waals surface area (Å²) >= 11 is 2.03. The van der Waals surface area contributed by atoms with Gasteiger partial charge in [-0.3, -0.25) is 4.57 Å². The molecule has 8 nitrogen and oxygen atoms in total. The number of rotatable bonds is 8. The van der Waals surface area contributed by atoms with E-state index in [9.17, 15) is 9.90 Å². The van der Waals surface area contributed by atoms with Gasteiger partial charge in [-0.15, -0.1) is 5.10 Å². The molecule has 176 valence electrons. The lowest BCUT2D eigenvalue weighted by Crippen LogP contribution is -2.24. The highest BCUT2D eigenvalue weighted by molar-refractivity contribution is 14.1. The van der Waals surface area contributed by atoms with Gasteiger partial charge in [-0.25, -0.2) is 14.2 Å². The number of methoxy groups -OCH3 is 1. The molecule has 10 heteroatoms. The van der Waals surface area contributed by atoms with Gasteiger partial charge in [0.05, 0.1) is 24.5 Å². The summed E-state index contributed by atoms with van der Waals surface area (Å²) < 4.78 is 29.9. The zero-order valence-corrected chi connectivity index (χ0v) is 21.3. The first-order chi connectivity index (χ1) is 15.7. The number of aryl methyl sites for hydroxylation is 1. The number of benzene rings is 1. The van der Waals surface area contributed by atoms with Gasteiger partial charge in [-0.1, -0.05) is 0 Å². The number of nitrogens with zero attached hydrogens (tertiary/aromatic N) is 4. The minimum absolute atomic E-state index is 0.229. The average molecular weight is 568 g/mol. The SMILES string of the molecule is CCn1c(CO)nn(-c2cc(OC(C)C)c(/C(F)=C/c3c(C)ccnc3OC)cc2I)c1=O. The third-order valence-corrected chi connectivity index (χ3v) is 5.79. The van der Waals surface area contributed by atoms with Gasteiger partial charge in [0, 0.05) is 27.9 Å². The third kappa shape index (κ3) is 5.11. The second-order valence-corrected chi connectivity index (χ2v) is 8.68. The van der Waals surface area contributed by atoms with Crippen molar-refractivity contribution in [1.82, 2.24) is 19.3 Å². The van der Waals surface area contributed by atoms with Crippen LogP contribution in [-0.4, -0.2) is 37.7 Å². The number of ether oxygens (including phenoxy) is 2. The van der Waals surface area contributed by atoms with E-state index in [0.717, 1.165) is 5.56 Å². The molecule has 0 saturated carbocycles.